The van der Waals surface area contributed by atoms with Crippen LogP contribution < -0.4 is 4.74 Å². The number of ether oxygens (including phenoxy) is 1. The van der Waals surface area contributed by atoms with Gasteiger partial charge in [-0.15, -0.1) is 0 Å². The molecular formula is C19H20O2. The van der Waals surface area contributed by atoms with Crippen molar-refractivity contribution in [1.29, 1.82) is 0 Å². The van der Waals surface area contributed by atoms with Crippen LogP contribution in [0.4, 0.5) is 0 Å². The van der Waals surface area contributed by atoms with E-state index in [1.165, 1.54) is 11.1 Å². The Balaban J connectivity index is 1.96. The number of fused-ring (bicyclic) bond motifs is 2. The van der Waals surface area contributed by atoms with Crippen molar-refractivity contribution in [3.05, 3.63) is 64.7 Å². The molecule has 0 aromatic heterocycles. The van der Waals surface area contributed by atoms with E-state index in [9.17, 15) is 5.11 Å². The van der Waals surface area contributed by atoms with Crippen molar-refractivity contribution in [3.8, 4) is 5.75 Å². The molecule has 1 atom stereocenters. The van der Waals surface area contributed by atoms with Crippen LogP contribution in [0.25, 0.3) is 0 Å². The zero-order valence-corrected chi connectivity index (χ0v) is 12.3. The molecule has 0 radical (unpaired) electrons. The summed E-state index contributed by atoms with van der Waals surface area (Å²) in [6.07, 6.45) is 4.15. The Bertz CT molecular complexity index is 688. The molecule has 0 amide bonds. The van der Waals surface area contributed by atoms with E-state index in [1.807, 2.05) is 12.1 Å². The molecule has 1 N–H and O–H groups in total. The molecular weight excluding hydrogens is 260 g/mol. The second-order valence-electron chi connectivity index (χ2n) is 6.22. The van der Waals surface area contributed by atoms with Gasteiger partial charge in [-0.1, -0.05) is 30.3 Å². The zero-order valence-electron chi connectivity index (χ0n) is 12.3. The third-order valence-corrected chi connectivity index (χ3v) is 4.98. The average Bonchev–Trinajstić information content (AvgIpc) is 3.37. The summed E-state index contributed by atoms with van der Waals surface area (Å²) in [6.45, 7) is 0. The molecule has 0 saturated heterocycles. The SMILES string of the molecule is COc1ccc2c(c1)CCc1ccccc1C2(O)C1CC1. The predicted octanol–water partition coefficient (Wildman–Crippen LogP) is 3.44. The van der Waals surface area contributed by atoms with Gasteiger partial charge in [0.1, 0.15) is 11.4 Å². The minimum absolute atomic E-state index is 0.351. The van der Waals surface area contributed by atoms with E-state index in [-0.39, 0.29) is 0 Å². The van der Waals surface area contributed by atoms with E-state index in [4.69, 9.17) is 4.74 Å². The molecule has 2 nitrogen and oxygen atoms in total. The van der Waals surface area contributed by atoms with Gasteiger partial charge in [-0.2, -0.15) is 0 Å². The molecule has 2 aliphatic rings. The molecule has 2 aromatic carbocycles. The summed E-state index contributed by atoms with van der Waals surface area (Å²) in [4.78, 5) is 0. The topological polar surface area (TPSA) is 29.5 Å². The molecule has 1 unspecified atom stereocenters. The summed E-state index contributed by atoms with van der Waals surface area (Å²) in [7, 11) is 1.69. The third-order valence-electron chi connectivity index (χ3n) is 4.98. The van der Waals surface area contributed by atoms with E-state index in [2.05, 4.69) is 30.3 Å². The highest BCUT2D eigenvalue weighted by atomic mass is 16.5. The Morgan fingerprint density at radius 1 is 1.00 bits per heavy atom. The number of hydrogen-bond acceptors (Lipinski definition) is 2. The zero-order chi connectivity index (χ0) is 14.4. The molecule has 2 aliphatic carbocycles. The first-order chi connectivity index (χ1) is 10.2. The summed E-state index contributed by atoms with van der Waals surface area (Å²) in [5.74, 6) is 1.22. The fraction of sp³-hybridized carbons (Fsp3) is 0.368. The number of aliphatic hydroxyl groups is 1. The van der Waals surface area contributed by atoms with Gasteiger partial charge in [0.15, 0.2) is 0 Å². The number of benzene rings is 2. The molecule has 4 rings (SSSR count). The lowest BCUT2D eigenvalue weighted by Gasteiger charge is -2.31. The van der Waals surface area contributed by atoms with Crippen LogP contribution >= 0.6 is 0 Å². The van der Waals surface area contributed by atoms with Gasteiger partial charge in [0, 0.05) is 0 Å². The van der Waals surface area contributed by atoms with Crippen LogP contribution in [0.5, 0.6) is 5.75 Å². The van der Waals surface area contributed by atoms with Crippen LogP contribution in [0.2, 0.25) is 0 Å². The average molecular weight is 280 g/mol. The Morgan fingerprint density at radius 2 is 1.71 bits per heavy atom. The standard InChI is InChI=1S/C19H20O2/c1-21-16-10-11-18-14(12-16)7-6-13-4-2-3-5-17(13)19(18,20)15-8-9-15/h2-5,10-12,15,20H,6-9H2,1H3. The van der Waals surface area contributed by atoms with Crippen molar-refractivity contribution in [2.45, 2.75) is 31.3 Å². The summed E-state index contributed by atoms with van der Waals surface area (Å²) < 4.78 is 5.36. The van der Waals surface area contributed by atoms with Crippen LogP contribution in [0, 0.1) is 5.92 Å². The smallest absolute Gasteiger partial charge is 0.119 e. The first-order valence-corrected chi connectivity index (χ1v) is 7.71. The highest BCUT2D eigenvalue weighted by Crippen LogP contribution is 2.52. The van der Waals surface area contributed by atoms with Crippen LogP contribution in [0.3, 0.4) is 0 Å². The normalized spacial score (nSPS) is 23.9. The Kier molecular flexibility index (Phi) is 2.83. The van der Waals surface area contributed by atoms with Crippen molar-refractivity contribution in [2.75, 3.05) is 7.11 Å². The lowest BCUT2D eigenvalue weighted by Crippen LogP contribution is -2.31. The molecule has 2 aromatic rings. The first-order valence-electron chi connectivity index (χ1n) is 7.71. The fourth-order valence-corrected chi connectivity index (χ4v) is 3.74. The van der Waals surface area contributed by atoms with Gasteiger partial charge in [-0.05, 0) is 66.0 Å². The second-order valence-corrected chi connectivity index (χ2v) is 6.22. The Morgan fingerprint density at radius 3 is 2.48 bits per heavy atom. The van der Waals surface area contributed by atoms with Crippen molar-refractivity contribution in [1.82, 2.24) is 0 Å². The summed E-state index contributed by atoms with van der Waals surface area (Å²) in [5, 5.41) is 11.6. The van der Waals surface area contributed by atoms with E-state index < -0.39 is 5.60 Å². The lowest BCUT2D eigenvalue weighted by molar-refractivity contribution is 0.0558. The van der Waals surface area contributed by atoms with Gasteiger partial charge in [-0.3, -0.25) is 0 Å². The minimum Gasteiger partial charge on any atom is -0.497 e. The number of methoxy groups -OCH3 is 1. The van der Waals surface area contributed by atoms with Crippen LogP contribution in [0.15, 0.2) is 42.5 Å². The van der Waals surface area contributed by atoms with E-state index in [0.717, 1.165) is 42.6 Å². The lowest BCUT2D eigenvalue weighted by atomic mass is 9.79. The maximum atomic E-state index is 11.6. The van der Waals surface area contributed by atoms with E-state index in [0.29, 0.717) is 5.92 Å². The van der Waals surface area contributed by atoms with Crippen LogP contribution in [-0.4, -0.2) is 12.2 Å². The highest BCUT2D eigenvalue weighted by molar-refractivity contribution is 5.50. The molecule has 0 aliphatic heterocycles. The Labute approximate surface area is 125 Å². The third kappa shape index (κ3) is 1.90. The number of rotatable bonds is 2. The Hall–Kier alpha value is -1.80. The van der Waals surface area contributed by atoms with Crippen molar-refractivity contribution >= 4 is 0 Å². The van der Waals surface area contributed by atoms with Gasteiger partial charge in [-0.25, -0.2) is 0 Å². The fourth-order valence-electron chi connectivity index (χ4n) is 3.74. The first kappa shape index (κ1) is 12.9. The van der Waals surface area contributed by atoms with E-state index >= 15 is 0 Å². The molecule has 0 bridgehead atoms. The molecule has 1 saturated carbocycles. The van der Waals surface area contributed by atoms with Gasteiger partial charge >= 0.3 is 0 Å². The highest BCUT2D eigenvalue weighted by Gasteiger charge is 2.49. The van der Waals surface area contributed by atoms with Gasteiger partial charge in [0.2, 0.25) is 0 Å². The summed E-state index contributed by atoms with van der Waals surface area (Å²) in [5.41, 5.74) is 3.86. The largest absolute Gasteiger partial charge is 0.497 e. The molecule has 21 heavy (non-hydrogen) atoms. The molecule has 108 valence electrons. The molecule has 0 heterocycles. The maximum Gasteiger partial charge on any atom is 0.119 e. The van der Waals surface area contributed by atoms with Crippen molar-refractivity contribution < 1.29 is 9.84 Å². The van der Waals surface area contributed by atoms with Crippen molar-refractivity contribution in [2.24, 2.45) is 5.92 Å². The van der Waals surface area contributed by atoms with Gasteiger partial charge in [0.05, 0.1) is 7.11 Å². The van der Waals surface area contributed by atoms with Crippen LogP contribution in [-0.2, 0) is 18.4 Å². The minimum atomic E-state index is -0.825. The predicted molar refractivity (Wildman–Crippen MR) is 82.6 cm³/mol. The summed E-state index contributed by atoms with van der Waals surface area (Å²) in [6, 6.07) is 14.5. The molecule has 0 spiro atoms. The molecule has 2 heteroatoms. The quantitative estimate of drug-likeness (QED) is 0.913. The monoisotopic (exact) mass is 280 g/mol. The van der Waals surface area contributed by atoms with E-state index in [1.54, 1.807) is 7.11 Å². The van der Waals surface area contributed by atoms with Gasteiger partial charge in [0.25, 0.3) is 0 Å². The van der Waals surface area contributed by atoms with Crippen LogP contribution in [0.1, 0.15) is 35.1 Å². The molecule has 1 fully saturated rings. The van der Waals surface area contributed by atoms with Crippen molar-refractivity contribution in [3.63, 3.8) is 0 Å². The number of aryl methyl sites for hydroxylation is 2. The second kappa shape index (κ2) is 4.60. The maximum absolute atomic E-state index is 11.6. The summed E-state index contributed by atoms with van der Waals surface area (Å²) >= 11 is 0. The number of hydrogen-bond donors (Lipinski definition) is 1. The van der Waals surface area contributed by atoms with Gasteiger partial charge < -0.3 is 9.84 Å².